The minimum absolute atomic E-state index is 0.160. The van der Waals surface area contributed by atoms with Gasteiger partial charge in [0.1, 0.15) is 11.6 Å². The van der Waals surface area contributed by atoms with Gasteiger partial charge in [-0.2, -0.15) is 5.26 Å². The Morgan fingerprint density at radius 1 is 1.67 bits per heavy atom. The molecule has 1 aliphatic rings. The molecule has 21 heavy (non-hydrogen) atoms. The Morgan fingerprint density at radius 3 is 3.19 bits per heavy atom. The average molecular weight is 284 g/mol. The fraction of sp³-hybridized carbons (Fsp3) is 0.438. The van der Waals surface area contributed by atoms with Crippen molar-refractivity contribution in [3.05, 3.63) is 41.9 Å². The fourth-order valence-corrected chi connectivity index (χ4v) is 2.44. The maximum atomic E-state index is 12.1. The third kappa shape index (κ3) is 4.60. The second-order valence-corrected chi connectivity index (χ2v) is 5.44. The van der Waals surface area contributed by atoms with Gasteiger partial charge in [-0.3, -0.25) is 9.78 Å². The van der Waals surface area contributed by atoms with E-state index in [0.717, 1.165) is 25.1 Å². The van der Waals surface area contributed by atoms with E-state index < -0.39 is 0 Å². The van der Waals surface area contributed by atoms with Gasteiger partial charge >= 0.3 is 0 Å². The molecule has 1 N–H and O–H groups in total. The van der Waals surface area contributed by atoms with Crippen LogP contribution in [0.3, 0.4) is 0 Å². The number of hydrogen-bond donors (Lipinski definition) is 1. The predicted molar refractivity (Wildman–Crippen MR) is 79.8 cm³/mol. The summed E-state index contributed by atoms with van der Waals surface area (Å²) >= 11 is 0. The molecular weight excluding hydrogens is 264 g/mol. The Balaban J connectivity index is 1.93. The van der Waals surface area contributed by atoms with Crippen LogP contribution >= 0.6 is 0 Å². The molecule has 5 heteroatoms. The van der Waals surface area contributed by atoms with Gasteiger partial charge in [-0.1, -0.05) is 13.0 Å². The van der Waals surface area contributed by atoms with Crippen molar-refractivity contribution >= 4 is 5.91 Å². The van der Waals surface area contributed by atoms with Crippen LogP contribution in [-0.2, 0) is 11.3 Å². The van der Waals surface area contributed by atoms with Gasteiger partial charge < -0.3 is 10.2 Å². The van der Waals surface area contributed by atoms with E-state index in [9.17, 15) is 10.1 Å². The molecule has 0 aliphatic carbocycles. The standard InChI is InChI=1S/C16H20N4O/c1-13-4-3-7-20(11-13)12-15(8-17)16(21)19-10-14-5-2-6-18-9-14/h2,5-6,9,12-13H,3-4,7,10-11H2,1H3,(H,19,21)/b15-12-. The van der Waals surface area contributed by atoms with Crippen LogP contribution in [0, 0.1) is 17.2 Å². The van der Waals surface area contributed by atoms with Crippen molar-refractivity contribution in [3.8, 4) is 6.07 Å². The summed E-state index contributed by atoms with van der Waals surface area (Å²) in [6, 6.07) is 5.69. The Morgan fingerprint density at radius 2 is 2.52 bits per heavy atom. The molecule has 1 atom stereocenters. The van der Waals surface area contributed by atoms with Gasteiger partial charge in [-0.25, -0.2) is 0 Å². The molecule has 0 bridgehead atoms. The molecule has 1 aromatic rings. The molecular formula is C16H20N4O. The summed E-state index contributed by atoms with van der Waals surface area (Å²) in [5.41, 5.74) is 1.07. The molecule has 0 aromatic carbocycles. The molecule has 0 radical (unpaired) electrons. The third-order valence-corrected chi connectivity index (χ3v) is 3.54. The number of aromatic nitrogens is 1. The number of rotatable bonds is 4. The second-order valence-electron chi connectivity index (χ2n) is 5.44. The quantitative estimate of drug-likeness (QED) is 0.676. The van der Waals surface area contributed by atoms with Crippen LogP contribution in [0.25, 0.3) is 0 Å². The summed E-state index contributed by atoms with van der Waals surface area (Å²) in [4.78, 5) is 18.1. The summed E-state index contributed by atoms with van der Waals surface area (Å²) < 4.78 is 0. The van der Waals surface area contributed by atoms with Crippen molar-refractivity contribution < 1.29 is 4.79 Å². The summed E-state index contributed by atoms with van der Waals surface area (Å²) in [5, 5.41) is 11.9. The van der Waals surface area contributed by atoms with Crippen LogP contribution in [0.2, 0.25) is 0 Å². The van der Waals surface area contributed by atoms with E-state index >= 15 is 0 Å². The van der Waals surface area contributed by atoms with Gasteiger partial charge in [0.2, 0.25) is 0 Å². The Hall–Kier alpha value is -2.35. The number of piperidine rings is 1. The lowest BCUT2D eigenvalue weighted by Crippen LogP contribution is -2.32. The summed E-state index contributed by atoms with van der Waals surface area (Å²) in [6.45, 7) is 4.38. The van der Waals surface area contributed by atoms with Crippen LogP contribution in [0.4, 0.5) is 0 Å². The Labute approximate surface area is 125 Å². The van der Waals surface area contributed by atoms with Crippen LogP contribution in [0.1, 0.15) is 25.3 Å². The topological polar surface area (TPSA) is 69.0 Å². The number of likely N-dealkylation sites (tertiary alicyclic amines) is 1. The zero-order valence-electron chi connectivity index (χ0n) is 12.2. The van der Waals surface area contributed by atoms with E-state index in [4.69, 9.17) is 0 Å². The van der Waals surface area contributed by atoms with E-state index in [-0.39, 0.29) is 11.5 Å². The number of hydrogen-bond acceptors (Lipinski definition) is 4. The lowest BCUT2D eigenvalue weighted by Gasteiger charge is -2.29. The molecule has 0 saturated carbocycles. The maximum Gasteiger partial charge on any atom is 0.263 e. The summed E-state index contributed by atoms with van der Waals surface area (Å²) in [6.07, 6.45) is 7.38. The first-order valence-electron chi connectivity index (χ1n) is 7.22. The number of carbonyl (C=O) groups excluding carboxylic acids is 1. The lowest BCUT2D eigenvalue weighted by atomic mass is 10.0. The largest absolute Gasteiger partial charge is 0.376 e. The molecule has 0 spiro atoms. The van der Waals surface area contributed by atoms with E-state index in [1.54, 1.807) is 18.6 Å². The summed E-state index contributed by atoms with van der Waals surface area (Å²) in [5.74, 6) is 0.271. The van der Waals surface area contributed by atoms with Gasteiger partial charge in [0.25, 0.3) is 5.91 Å². The Bertz CT molecular complexity index is 547. The summed E-state index contributed by atoms with van der Waals surface area (Å²) in [7, 11) is 0. The van der Waals surface area contributed by atoms with Gasteiger partial charge in [-0.15, -0.1) is 0 Å². The lowest BCUT2D eigenvalue weighted by molar-refractivity contribution is -0.117. The molecule has 1 saturated heterocycles. The van der Waals surface area contributed by atoms with E-state index in [2.05, 4.69) is 22.1 Å². The van der Waals surface area contributed by atoms with Crippen molar-refractivity contribution in [1.29, 1.82) is 5.26 Å². The number of pyridine rings is 1. The highest BCUT2D eigenvalue weighted by Gasteiger charge is 2.16. The third-order valence-electron chi connectivity index (χ3n) is 3.54. The van der Waals surface area contributed by atoms with Crippen molar-refractivity contribution in [2.75, 3.05) is 13.1 Å². The number of amides is 1. The molecule has 110 valence electrons. The molecule has 1 aliphatic heterocycles. The number of nitrogens with zero attached hydrogens (tertiary/aromatic N) is 3. The average Bonchev–Trinajstić information content (AvgIpc) is 2.51. The van der Waals surface area contributed by atoms with Crippen LogP contribution in [0.5, 0.6) is 0 Å². The maximum absolute atomic E-state index is 12.1. The van der Waals surface area contributed by atoms with Crippen LogP contribution in [-0.4, -0.2) is 28.9 Å². The highest BCUT2D eigenvalue weighted by Crippen LogP contribution is 2.16. The normalized spacial score (nSPS) is 19.0. The second kappa shape index (κ2) is 7.44. The van der Waals surface area contributed by atoms with Crippen LogP contribution in [0.15, 0.2) is 36.3 Å². The number of nitrogens with one attached hydrogen (secondary N) is 1. The molecule has 1 unspecified atom stereocenters. The SMILES string of the molecule is CC1CCCN(/C=C(/C#N)C(=O)NCc2cccnc2)C1. The highest BCUT2D eigenvalue weighted by atomic mass is 16.1. The van der Waals surface area contributed by atoms with Crippen LogP contribution < -0.4 is 5.32 Å². The van der Waals surface area contributed by atoms with E-state index in [1.165, 1.54) is 6.42 Å². The smallest absolute Gasteiger partial charge is 0.263 e. The van der Waals surface area contributed by atoms with Gasteiger partial charge in [0.05, 0.1) is 0 Å². The zero-order valence-corrected chi connectivity index (χ0v) is 12.2. The molecule has 1 amide bonds. The zero-order chi connectivity index (χ0) is 15.1. The predicted octanol–water partition coefficient (Wildman–Crippen LogP) is 1.84. The molecule has 2 heterocycles. The highest BCUT2D eigenvalue weighted by molar-refractivity contribution is 5.97. The van der Waals surface area contributed by atoms with E-state index in [0.29, 0.717) is 12.5 Å². The van der Waals surface area contributed by atoms with Gasteiger partial charge in [0, 0.05) is 38.2 Å². The van der Waals surface area contributed by atoms with Crippen molar-refractivity contribution in [2.24, 2.45) is 5.92 Å². The first kappa shape index (κ1) is 15.0. The monoisotopic (exact) mass is 284 g/mol. The number of nitriles is 1. The first-order chi connectivity index (χ1) is 10.2. The van der Waals surface area contributed by atoms with Crippen molar-refractivity contribution in [2.45, 2.75) is 26.3 Å². The molecule has 1 fully saturated rings. The van der Waals surface area contributed by atoms with E-state index in [1.807, 2.05) is 18.2 Å². The fourth-order valence-electron chi connectivity index (χ4n) is 2.44. The first-order valence-corrected chi connectivity index (χ1v) is 7.22. The number of carbonyl (C=O) groups is 1. The Kier molecular flexibility index (Phi) is 5.33. The van der Waals surface area contributed by atoms with Crippen molar-refractivity contribution in [1.82, 2.24) is 15.2 Å². The van der Waals surface area contributed by atoms with Gasteiger partial charge in [0.15, 0.2) is 0 Å². The van der Waals surface area contributed by atoms with Crippen molar-refractivity contribution in [3.63, 3.8) is 0 Å². The minimum Gasteiger partial charge on any atom is -0.376 e. The molecule has 5 nitrogen and oxygen atoms in total. The minimum atomic E-state index is -0.334. The molecule has 2 rings (SSSR count). The van der Waals surface area contributed by atoms with Gasteiger partial charge in [-0.05, 0) is 30.4 Å². The molecule has 1 aromatic heterocycles.